The molecular weight excluding hydrogens is 222 g/mol. The van der Waals surface area contributed by atoms with Gasteiger partial charge in [-0.3, -0.25) is 0 Å². The summed E-state index contributed by atoms with van der Waals surface area (Å²) in [5, 5.41) is 0. The van der Waals surface area contributed by atoms with Crippen molar-refractivity contribution < 1.29 is 4.74 Å². The number of nitrogens with two attached hydrogens (primary N) is 1. The van der Waals surface area contributed by atoms with Crippen molar-refractivity contribution in [2.75, 3.05) is 5.73 Å². The van der Waals surface area contributed by atoms with E-state index in [2.05, 4.69) is 26.8 Å². The van der Waals surface area contributed by atoms with Crippen molar-refractivity contribution in [2.24, 2.45) is 0 Å². The summed E-state index contributed by atoms with van der Waals surface area (Å²) in [6, 6.07) is 16.5. The molecule has 0 heterocycles. The lowest BCUT2D eigenvalue weighted by atomic mass is 9.87. The molecule has 0 unspecified atom stereocenters. The van der Waals surface area contributed by atoms with Gasteiger partial charge in [0.1, 0.15) is 11.5 Å². The van der Waals surface area contributed by atoms with Crippen LogP contribution in [0.1, 0.15) is 26.3 Å². The van der Waals surface area contributed by atoms with Crippen LogP contribution in [0.2, 0.25) is 0 Å². The molecule has 2 aromatic carbocycles. The second-order valence-electron chi connectivity index (χ2n) is 5.36. The molecule has 2 heteroatoms. The molecule has 0 fully saturated rings. The lowest BCUT2D eigenvalue weighted by Gasteiger charge is -2.19. The quantitative estimate of drug-likeness (QED) is 0.800. The Balaban J connectivity index is 2.22. The van der Waals surface area contributed by atoms with Crippen molar-refractivity contribution in [2.45, 2.75) is 26.2 Å². The van der Waals surface area contributed by atoms with Gasteiger partial charge in [-0.1, -0.05) is 26.8 Å². The zero-order chi connectivity index (χ0) is 13.2. The molecule has 0 aliphatic heterocycles. The number of rotatable bonds is 2. The van der Waals surface area contributed by atoms with Crippen molar-refractivity contribution >= 4 is 5.69 Å². The largest absolute Gasteiger partial charge is 0.457 e. The lowest BCUT2D eigenvalue weighted by Crippen LogP contribution is -2.10. The van der Waals surface area contributed by atoms with Crippen LogP contribution in [0.3, 0.4) is 0 Å². The number of ether oxygens (including phenoxy) is 1. The van der Waals surface area contributed by atoms with Crippen LogP contribution in [0.4, 0.5) is 5.69 Å². The summed E-state index contributed by atoms with van der Waals surface area (Å²) in [4.78, 5) is 0. The summed E-state index contributed by atoms with van der Waals surface area (Å²) >= 11 is 0. The van der Waals surface area contributed by atoms with Gasteiger partial charge < -0.3 is 10.5 Å². The van der Waals surface area contributed by atoms with Crippen molar-refractivity contribution in [1.29, 1.82) is 0 Å². The Kier molecular flexibility index (Phi) is 3.28. The Morgan fingerprint density at radius 2 is 1.67 bits per heavy atom. The van der Waals surface area contributed by atoms with Crippen molar-refractivity contribution in [3.63, 3.8) is 0 Å². The fourth-order valence-corrected chi connectivity index (χ4v) is 1.61. The molecule has 2 N–H and O–H groups in total. The van der Waals surface area contributed by atoms with Gasteiger partial charge in [0.2, 0.25) is 0 Å². The van der Waals surface area contributed by atoms with Gasteiger partial charge >= 0.3 is 0 Å². The molecule has 0 saturated carbocycles. The van der Waals surface area contributed by atoms with Gasteiger partial charge in [-0.25, -0.2) is 0 Å². The van der Waals surface area contributed by atoms with Crippen LogP contribution in [0.25, 0.3) is 0 Å². The van der Waals surface area contributed by atoms with Gasteiger partial charge in [0.15, 0.2) is 0 Å². The van der Waals surface area contributed by atoms with Crippen LogP contribution >= 0.6 is 0 Å². The third-order valence-electron chi connectivity index (χ3n) is 2.70. The molecule has 0 amide bonds. The number of nitrogen functional groups attached to an aromatic ring is 1. The third-order valence-corrected chi connectivity index (χ3v) is 2.70. The maximum absolute atomic E-state index is 5.79. The molecule has 2 aromatic rings. The molecule has 0 atom stereocenters. The minimum absolute atomic E-state index is 0.0699. The van der Waals surface area contributed by atoms with Crippen LogP contribution in [-0.2, 0) is 5.41 Å². The van der Waals surface area contributed by atoms with E-state index in [1.807, 2.05) is 42.5 Å². The zero-order valence-electron chi connectivity index (χ0n) is 11.0. The molecule has 0 aliphatic rings. The first kappa shape index (κ1) is 12.5. The number of hydrogen-bond acceptors (Lipinski definition) is 2. The maximum Gasteiger partial charge on any atom is 0.127 e. The van der Waals surface area contributed by atoms with E-state index in [-0.39, 0.29) is 5.41 Å². The van der Waals surface area contributed by atoms with Gasteiger partial charge in [0.05, 0.1) is 0 Å². The Hall–Kier alpha value is -1.96. The van der Waals surface area contributed by atoms with E-state index in [1.165, 1.54) is 0 Å². The summed E-state index contributed by atoms with van der Waals surface area (Å²) in [5.41, 5.74) is 7.58. The smallest absolute Gasteiger partial charge is 0.127 e. The predicted molar refractivity (Wildman–Crippen MR) is 74.9 cm³/mol. The summed E-state index contributed by atoms with van der Waals surface area (Å²) in [5.74, 6) is 1.61. The first-order valence-electron chi connectivity index (χ1n) is 6.01. The molecule has 0 bridgehead atoms. The van der Waals surface area contributed by atoms with Crippen LogP contribution in [-0.4, -0.2) is 0 Å². The minimum atomic E-state index is 0.0699. The molecule has 2 rings (SSSR count). The van der Waals surface area contributed by atoms with E-state index >= 15 is 0 Å². The van der Waals surface area contributed by atoms with Crippen molar-refractivity contribution in [3.05, 3.63) is 54.1 Å². The van der Waals surface area contributed by atoms with E-state index in [9.17, 15) is 0 Å². The van der Waals surface area contributed by atoms with Gasteiger partial charge in [-0.2, -0.15) is 0 Å². The Bertz CT molecular complexity index is 524. The fraction of sp³-hybridized carbons (Fsp3) is 0.250. The van der Waals surface area contributed by atoms with E-state index in [0.29, 0.717) is 0 Å². The summed E-state index contributed by atoms with van der Waals surface area (Å²) < 4.78 is 5.79. The first-order valence-corrected chi connectivity index (χ1v) is 6.01. The molecule has 0 aliphatic carbocycles. The molecule has 2 nitrogen and oxygen atoms in total. The lowest BCUT2D eigenvalue weighted by molar-refractivity contribution is 0.478. The topological polar surface area (TPSA) is 35.2 Å². The molecule has 0 aromatic heterocycles. The summed E-state index contributed by atoms with van der Waals surface area (Å²) in [7, 11) is 0. The molecule has 1 radical (unpaired) electrons. The molecule has 0 saturated heterocycles. The Morgan fingerprint density at radius 1 is 1.00 bits per heavy atom. The van der Waals surface area contributed by atoms with Gasteiger partial charge in [0.25, 0.3) is 0 Å². The second kappa shape index (κ2) is 4.73. The first-order chi connectivity index (χ1) is 8.45. The van der Waals surface area contributed by atoms with Crippen molar-refractivity contribution in [1.82, 2.24) is 0 Å². The summed E-state index contributed by atoms with van der Waals surface area (Å²) in [6.45, 7) is 6.48. The molecule has 0 spiro atoms. The Labute approximate surface area is 108 Å². The molecular formula is C16H18NO. The van der Waals surface area contributed by atoms with E-state index < -0.39 is 0 Å². The van der Waals surface area contributed by atoms with Crippen LogP contribution in [0.15, 0.2) is 42.5 Å². The average molecular weight is 240 g/mol. The van der Waals surface area contributed by atoms with Crippen LogP contribution < -0.4 is 10.5 Å². The van der Waals surface area contributed by atoms with E-state index in [4.69, 9.17) is 10.5 Å². The summed E-state index contributed by atoms with van der Waals surface area (Å²) in [6.07, 6.45) is 0. The standard InChI is InChI=1S/C16H18NO/c1-16(2,3)12-5-4-6-15(11-12)18-14-9-7-13(17)8-10-14/h4,6-11H,17H2,1-3H3. The second-order valence-corrected chi connectivity index (χ2v) is 5.36. The van der Waals surface area contributed by atoms with Crippen molar-refractivity contribution in [3.8, 4) is 11.5 Å². The highest BCUT2D eigenvalue weighted by Gasteiger charge is 2.14. The normalized spacial score (nSPS) is 11.3. The van der Waals surface area contributed by atoms with Gasteiger partial charge in [-0.05, 0) is 53.4 Å². The van der Waals surface area contributed by atoms with E-state index in [1.54, 1.807) is 0 Å². The highest BCUT2D eigenvalue weighted by Crippen LogP contribution is 2.28. The highest BCUT2D eigenvalue weighted by molar-refractivity contribution is 5.43. The molecule has 18 heavy (non-hydrogen) atoms. The highest BCUT2D eigenvalue weighted by atomic mass is 16.5. The van der Waals surface area contributed by atoms with Crippen LogP contribution in [0.5, 0.6) is 11.5 Å². The monoisotopic (exact) mass is 240 g/mol. The van der Waals surface area contributed by atoms with Gasteiger partial charge in [-0.15, -0.1) is 0 Å². The predicted octanol–water partition coefficient (Wildman–Crippen LogP) is 4.16. The number of hydrogen-bond donors (Lipinski definition) is 1. The fourth-order valence-electron chi connectivity index (χ4n) is 1.61. The van der Waals surface area contributed by atoms with E-state index in [0.717, 1.165) is 22.7 Å². The third kappa shape index (κ3) is 3.04. The Morgan fingerprint density at radius 3 is 2.28 bits per heavy atom. The minimum Gasteiger partial charge on any atom is -0.457 e. The zero-order valence-corrected chi connectivity index (χ0v) is 11.0. The SMILES string of the molecule is CC(C)(C)c1[c]ccc(Oc2ccc(N)cc2)c1. The number of anilines is 1. The van der Waals surface area contributed by atoms with Crippen LogP contribution in [0, 0.1) is 6.07 Å². The average Bonchev–Trinajstić information content (AvgIpc) is 2.31. The van der Waals surface area contributed by atoms with Gasteiger partial charge in [0, 0.05) is 5.69 Å². The number of benzene rings is 2. The maximum atomic E-state index is 5.79. The molecule has 93 valence electrons.